The van der Waals surface area contributed by atoms with Crippen LogP contribution in [-0.2, 0) is 0 Å². The highest BCUT2D eigenvalue weighted by atomic mass is 28.3. The van der Waals surface area contributed by atoms with Gasteiger partial charge in [0.15, 0.2) is 5.82 Å². The predicted molar refractivity (Wildman–Crippen MR) is 264 cm³/mol. The number of para-hydroxylation sites is 3. The summed E-state index contributed by atoms with van der Waals surface area (Å²) in [7, 11) is -2.93. The molecule has 5 heteroatoms. The Morgan fingerprint density at radius 3 is 1.68 bits per heavy atom. The standard InChI is InChI=1S/C58H38N4Si/c1-5-20-39(21-6-1)57-59-55(54-48-32-15-18-35-52(48)63(58(54)60-57,43-26-9-3-10-27-43)44-28-11-4-12-29-44)40-22-19-25-42(38-40)61-50-34-17-14-31-47(50)53-51(61)37-36-46-45-30-13-16-33-49(45)62(56(46)53)41-23-7-2-8-24-41/h1-38H. The summed E-state index contributed by atoms with van der Waals surface area (Å²) >= 11 is 0. The molecule has 0 spiro atoms. The number of benzene rings is 9. The van der Waals surface area contributed by atoms with Gasteiger partial charge in [-0.15, -0.1) is 0 Å². The molecule has 9 aromatic carbocycles. The summed E-state index contributed by atoms with van der Waals surface area (Å²) in [4.78, 5) is 11.3. The summed E-state index contributed by atoms with van der Waals surface area (Å²) in [6, 6.07) is 83.7. The predicted octanol–water partition coefficient (Wildman–Crippen LogP) is 11.4. The molecule has 63 heavy (non-hydrogen) atoms. The normalized spacial score (nSPS) is 12.9. The van der Waals surface area contributed by atoms with E-state index >= 15 is 0 Å². The molecule has 0 amide bonds. The Bertz CT molecular complexity index is 3690. The van der Waals surface area contributed by atoms with E-state index in [0.717, 1.165) is 55.9 Å². The van der Waals surface area contributed by atoms with Crippen molar-refractivity contribution >= 4 is 72.6 Å². The van der Waals surface area contributed by atoms with Crippen molar-refractivity contribution in [3.63, 3.8) is 0 Å². The Morgan fingerprint density at radius 1 is 0.381 bits per heavy atom. The average Bonchev–Trinajstić information content (AvgIpc) is 3.99. The van der Waals surface area contributed by atoms with Crippen LogP contribution in [-0.4, -0.2) is 27.2 Å². The van der Waals surface area contributed by atoms with E-state index in [1.54, 1.807) is 0 Å². The zero-order valence-electron chi connectivity index (χ0n) is 34.2. The third-order valence-corrected chi connectivity index (χ3v) is 17.9. The zero-order valence-corrected chi connectivity index (χ0v) is 35.2. The molecule has 13 rings (SSSR count). The van der Waals surface area contributed by atoms with Gasteiger partial charge in [-0.25, -0.2) is 9.97 Å². The number of nitrogens with zero attached hydrogens (tertiary/aromatic N) is 4. The van der Waals surface area contributed by atoms with E-state index in [9.17, 15) is 0 Å². The molecule has 0 radical (unpaired) electrons. The lowest BCUT2D eigenvalue weighted by atomic mass is 10.00. The highest BCUT2D eigenvalue weighted by molar-refractivity contribution is 7.21. The van der Waals surface area contributed by atoms with Crippen molar-refractivity contribution in [2.45, 2.75) is 0 Å². The highest BCUT2D eigenvalue weighted by Gasteiger charge is 2.51. The number of hydrogen-bond donors (Lipinski definition) is 0. The Morgan fingerprint density at radius 2 is 0.952 bits per heavy atom. The Kier molecular flexibility index (Phi) is 7.89. The van der Waals surface area contributed by atoms with Crippen LogP contribution in [0.25, 0.3) is 88.8 Å². The summed E-state index contributed by atoms with van der Waals surface area (Å²) in [5.74, 6) is 0.735. The number of fused-ring (bicyclic) bond motifs is 10. The first-order valence-corrected chi connectivity index (χ1v) is 23.6. The van der Waals surface area contributed by atoms with Gasteiger partial charge in [-0.1, -0.05) is 188 Å². The van der Waals surface area contributed by atoms with Crippen LogP contribution < -0.4 is 20.9 Å². The molecule has 0 atom stereocenters. The fraction of sp³-hybridized carbons (Fsp3) is 0. The molecular formula is C58H38N4Si. The van der Waals surface area contributed by atoms with Crippen molar-refractivity contribution in [2.75, 3.05) is 0 Å². The maximum atomic E-state index is 5.71. The average molecular weight is 819 g/mol. The molecule has 1 aliphatic rings. The van der Waals surface area contributed by atoms with Crippen molar-refractivity contribution < 1.29 is 0 Å². The van der Waals surface area contributed by atoms with Crippen LogP contribution in [0.3, 0.4) is 0 Å². The van der Waals surface area contributed by atoms with Crippen LogP contribution in [0.1, 0.15) is 0 Å². The van der Waals surface area contributed by atoms with Crippen LogP contribution in [0.4, 0.5) is 0 Å². The van der Waals surface area contributed by atoms with Gasteiger partial charge in [0.2, 0.25) is 8.07 Å². The highest BCUT2D eigenvalue weighted by Crippen LogP contribution is 2.43. The molecular weight excluding hydrogens is 781 g/mol. The van der Waals surface area contributed by atoms with Crippen molar-refractivity contribution in [3.8, 4) is 45.1 Å². The van der Waals surface area contributed by atoms with Crippen LogP contribution in [0, 0.1) is 0 Å². The third kappa shape index (κ3) is 5.14. The van der Waals surface area contributed by atoms with E-state index in [1.165, 1.54) is 53.7 Å². The summed E-state index contributed by atoms with van der Waals surface area (Å²) in [6.07, 6.45) is 0. The minimum absolute atomic E-state index is 0.735. The smallest absolute Gasteiger partial charge is 0.203 e. The lowest BCUT2D eigenvalue weighted by Gasteiger charge is -2.30. The van der Waals surface area contributed by atoms with Crippen LogP contribution >= 0.6 is 0 Å². The minimum Gasteiger partial charge on any atom is -0.309 e. The lowest BCUT2D eigenvalue weighted by Crippen LogP contribution is -2.73. The van der Waals surface area contributed by atoms with Gasteiger partial charge in [-0.3, -0.25) is 0 Å². The van der Waals surface area contributed by atoms with Crippen LogP contribution in [0.2, 0.25) is 0 Å². The molecule has 0 saturated carbocycles. The molecule has 0 unspecified atom stereocenters. The van der Waals surface area contributed by atoms with E-state index < -0.39 is 8.07 Å². The fourth-order valence-corrected chi connectivity index (χ4v) is 15.6. The number of rotatable bonds is 6. The summed E-state index contributed by atoms with van der Waals surface area (Å²) in [6.45, 7) is 0. The van der Waals surface area contributed by atoms with Crippen molar-refractivity contribution in [1.82, 2.24) is 19.1 Å². The first-order valence-electron chi connectivity index (χ1n) is 21.6. The quantitative estimate of drug-likeness (QED) is 0.157. The van der Waals surface area contributed by atoms with E-state index in [0.29, 0.717) is 0 Å². The molecule has 0 N–H and O–H groups in total. The second-order valence-electron chi connectivity index (χ2n) is 16.5. The van der Waals surface area contributed by atoms with Crippen molar-refractivity contribution in [1.29, 1.82) is 0 Å². The Balaban J connectivity index is 1.11. The molecule has 12 aromatic rings. The monoisotopic (exact) mass is 818 g/mol. The van der Waals surface area contributed by atoms with Gasteiger partial charge in [-0.2, -0.15) is 0 Å². The topological polar surface area (TPSA) is 35.6 Å². The Labute approximate surface area is 365 Å². The zero-order chi connectivity index (χ0) is 41.5. The van der Waals surface area contributed by atoms with Crippen molar-refractivity contribution in [2.24, 2.45) is 0 Å². The first kappa shape index (κ1) is 35.6. The van der Waals surface area contributed by atoms with E-state index in [2.05, 4.69) is 240 Å². The van der Waals surface area contributed by atoms with E-state index in [-0.39, 0.29) is 0 Å². The van der Waals surface area contributed by atoms with Gasteiger partial charge in [0.25, 0.3) is 0 Å². The summed E-state index contributed by atoms with van der Waals surface area (Å²) < 4.78 is 4.89. The second kappa shape index (κ2) is 14.0. The SMILES string of the molecule is c1ccc(-c2nc(-c3cccc(-n4c5ccccc5c5c4ccc4c6ccccc6n(-c6ccccc6)c45)c3)c3c(n2)[Si](c2ccccc2)(c2ccccc2)c2ccccc2-3)cc1. The van der Waals surface area contributed by atoms with Gasteiger partial charge in [0, 0.05) is 49.6 Å². The maximum Gasteiger partial charge on any atom is 0.203 e. The molecule has 4 nitrogen and oxygen atoms in total. The molecule has 294 valence electrons. The van der Waals surface area contributed by atoms with Gasteiger partial charge in [0.05, 0.1) is 33.1 Å². The first-order chi connectivity index (χ1) is 31.3. The molecule has 3 aromatic heterocycles. The second-order valence-corrected chi connectivity index (χ2v) is 20.1. The number of hydrogen-bond acceptors (Lipinski definition) is 2. The van der Waals surface area contributed by atoms with Gasteiger partial charge in [0.1, 0.15) is 0 Å². The Hall–Kier alpha value is -8.12. The molecule has 1 aliphatic heterocycles. The van der Waals surface area contributed by atoms with Crippen molar-refractivity contribution in [3.05, 3.63) is 231 Å². The van der Waals surface area contributed by atoms with Gasteiger partial charge >= 0.3 is 0 Å². The molecule has 0 bridgehead atoms. The minimum atomic E-state index is -2.93. The third-order valence-electron chi connectivity index (χ3n) is 13.2. The van der Waals surface area contributed by atoms with E-state index in [1.807, 2.05) is 0 Å². The van der Waals surface area contributed by atoms with Gasteiger partial charge < -0.3 is 9.13 Å². The maximum absolute atomic E-state index is 5.71. The van der Waals surface area contributed by atoms with Crippen LogP contribution in [0.15, 0.2) is 231 Å². The van der Waals surface area contributed by atoms with Gasteiger partial charge in [-0.05, 0) is 63.6 Å². The molecule has 4 heterocycles. The molecule has 0 saturated heterocycles. The molecule has 0 aliphatic carbocycles. The van der Waals surface area contributed by atoms with Crippen LogP contribution in [0.5, 0.6) is 0 Å². The number of aromatic nitrogens is 4. The van der Waals surface area contributed by atoms with E-state index in [4.69, 9.17) is 9.97 Å². The fourth-order valence-electron chi connectivity index (χ4n) is 10.6. The lowest BCUT2D eigenvalue weighted by molar-refractivity contribution is 1.17. The summed E-state index contributed by atoms with van der Waals surface area (Å²) in [5, 5.41) is 10.0. The summed E-state index contributed by atoms with van der Waals surface area (Å²) in [5.41, 5.74) is 12.3. The molecule has 0 fully saturated rings. The largest absolute Gasteiger partial charge is 0.309 e.